The second-order valence-electron chi connectivity index (χ2n) is 0.672. The molecule has 0 aromatic rings. The van der Waals surface area contributed by atoms with Crippen LogP contribution in [0.3, 0.4) is 0 Å². The van der Waals surface area contributed by atoms with Crippen LogP contribution in [0.15, 0.2) is 0 Å². The first-order valence-electron chi connectivity index (χ1n) is 1.25. The quantitative estimate of drug-likeness (QED) is 0.356. The van der Waals surface area contributed by atoms with E-state index < -0.39 is 24.4 Å². The molecule has 9 heteroatoms. The zero-order chi connectivity index (χ0) is 6.62. The van der Waals surface area contributed by atoms with Crippen molar-refractivity contribution in [3.8, 4) is 0 Å². The van der Waals surface area contributed by atoms with Crippen molar-refractivity contribution in [3.63, 3.8) is 0 Å². The molecule has 0 saturated heterocycles. The van der Waals surface area contributed by atoms with Crippen molar-refractivity contribution in [1.29, 1.82) is 0 Å². The summed E-state index contributed by atoms with van der Waals surface area (Å²) in [5, 5.41) is 0. The van der Waals surface area contributed by atoms with Crippen molar-refractivity contribution in [2.45, 2.75) is 0 Å². The molecule has 0 fully saturated rings. The molecule has 0 aromatic heterocycles. The van der Waals surface area contributed by atoms with E-state index in [1.54, 1.807) is 0 Å². The predicted octanol–water partition coefficient (Wildman–Crippen LogP) is -3.28. The third-order valence-electron chi connectivity index (χ3n) is 0.218. The summed E-state index contributed by atoms with van der Waals surface area (Å²) in [5.41, 5.74) is 0. The number of hydrogen-bond donors (Lipinski definition) is 0. The molecule has 0 saturated carbocycles. The first kappa shape index (κ1) is 13.0. The summed E-state index contributed by atoms with van der Waals surface area (Å²) in [7, 11) is -4.86. The summed E-state index contributed by atoms with van der Waals surface area (Å²) in [6.45, 7) is 0. The van der Waals surface area contributed by atoms with Crippen molar-refractivity contribution in [2.24, 2.45) is 0 Å². The van der Waals surface area contributed by atoms with Gasteiger partial charge in [-0.05, 0) is 0 Å². The molecule has 5 nitrogen and oxygen atoms in total. The van der Waals surface area contributed by atoms with Crippen LogP contribution in [-0.2, 0) is 33.0 Å². The van der Waals surface area contributed by atoms with Crippen LogP contribution in [0.5, 0.6) is 0 Å². The van der Waals surface area contributed by atoms with Crippen LogP contribution < -0.4 is 34.5 Å². The Balaban J connectivity index is 0. The average Bonchev–Trinajstić information content (AvgIpc) is 1.67. The van der Waals surface area contributed by atoms with Gasteiger partial charge in [-0.3, -0.25) is 0 Å². The average molecular weight is 204 g/mol. The van der Waals surface area contributed by atoms with E-state index in [0.717, 1.165) is 0 Å². The summed E-state index contributed by atoms with van der Waals surface area (Å²) in [6.07, 6.45) is 0. The summed E-state index contributed by atoms with van der Waals surface area (Å²) >= 11 is -2.06. The van der Waals surface area contributed by atoms with E-state index in [0.29, 0.717) is 0 Å². The van der Waals surface area contributed by atoms with Gasteiger partial charge in [0.2, 0.25) is 0 Å². The Morgan fingerprint density at radius 1 is 1.67 bits per heavy atom. The minimum absolute atomic E-state index is 0. The fraction of sp³-hybridized carbons (Fsp3) is 0. The standard InChI is InChI=1S/FH2O4P.Na.O.V/c1-5-6(2,3)4;;;/h(H2,2,3,4);;;/q;+1;;+1/p-2. The molecule has 0 radical (unpaired) electrons. The molecule has 0 heterocycles. The number of hydrogen-bond acceptors (Lipinski definition) is 5. The first-order valence-corrected chi connectivity index (χ1v) is 3.85. The van der Waals surface area contributed by atoms with Crippen LogP contribution in [0.25, 0.3) is 0 Å². The molecule has 0 aliphatic heterocycles. The van der Waals surface area contributed by atoms with Crippen molar-refractivity contribution in [2.75, 3.05) is 0 Å². The monoisotopic (exact) mass is 204 g/mol. The fourth-order valence-corrected chi connectivity index (χ4v) is 0.661. The second kappa shape index (κ2) is 6.16. The van der Waals surface area contributed by atoms with E-state index in [2.05, 4.69) is 8.18 Å². The summed E-state index contributed by atoms with van der Waals surface area (Å²) in [4.78, 5) is 9.63. The third-order valence-corrected chi connectivity index (χ3v) is 1.90. The van der Waals surface area contributed by atoms with Crippen LogP contribution in [-0.4, -0.2) is 0 Å². The van der Waals surface area contributed by atoms with Gasteiger partial charge in [0.15, 0.2) is 0 Å². The summed E-state index contributed by atoms with van der Waals surface area (Å²) < 4.78 is 35.2. The van der Waals surface area contributed by atoms with Gasteiger partial charge in [0.25, 0.3) is 0 Å². The molecule has 1 unspecified atom stereocenters. The zero-order valence-electron chi connectivity index (χ0n) is 4.31. The Morgan fingerprint density at radius 3 is 2.22 bits per heavy atom. The van der Waals surface area contributed by atoms with E-state index in [4.69, 9.17) is 0 Å². The van der Waals surface area contributed by atoms with Gasteiger partial charge in [0, 0.05) is 0 Å². The maximum atomic E-state index is 10.6. The Labute approximate surface area is 79.4 Å². The molecule has 1 atom stereocenters. The first-order chi connectivity index (χ1) is 3.62. The summed E-state index contributed by atoms with van der Waals surface area (Å²) in [6, 6.07) is 0. The minimum atomic E-state index is -4.86. The van der Waals surface area contributed by atoms with E-state index in [1.165, 1.54) is 0 Å². The van der Waals surface area contributed by atoms with Crippen molar-refractivity contribution in [1.82, 2.24) is 0 Å². The van der Waals surface area contributed by atoms with Gasteiger partial charge in [-0.15, -0.1) is 0 Å². The third kappa shape index (κ3) is 7.32. The molecule has 9 heavy (non-hydrogen) atoms. The SMILES string of the molecule is [Na+].[O]=[V][O]P(=O)([O-])OF. The van der Waals surface area contributed by atoms with Gasteiger partial charge >= 0.3 is 79.8 Å². The van der Waals surface area contributed by atoms with Crippen LogP contribution in [0.4, 0.5) is 4.53 Å². The van der Waals surface area contributed by atoms with Crippen molar-refractivity contribution < 1.29 is 72.0 Å². The Hall–Kier alpha value is 1.42. The summed E-state index contributed by atoms with van der Waals surface area (Å²) in [5.74, 6) is 0. The van der Waals surface area contributed by atoms with E-state index in [1.807, 2.05) is 0 Å². The predicted molar refractivity (Wildman–Crippen MR) is 11.6 cm³/mol. The molecule has 0 aliphatic carbocycles. The Morgan fingerprint density at radius 2 is 2.11 bits per heavy atom. The van der Waals surface area contributed by atoms with Crippen molar-refractivity contribution in [3.05, 3.63) is 0 Å². The van der Waals surface area contributed by atoms with Crippen molar-refractivity contribution >= 4 is 7.82 Å². The molecule has 0 N–H and O–H groups in total. The number of rotatable bonds is 3. The van der Waals surface area contributed by atoms with Crippen LogP contribution in [0.1, 0.15) is 0 Å². The number of phosphoric acid groups is 1. The zero-order valence-corrected chi connectivity index (χ0v) is 8.60. The van der Waals surface area contributed by atoms with Gasteiger partial charge < -0.3 is 0 Å². The van der Waals surface area contributed by atoms with Gasteiger partial charge in [0.1, 0.15) is 0 Å². The van der Waals surface area contributed by atoms with Gasteiger partial charge in [-0.2, -0.15) is 0 Å². The maximum absolute atomic E-state index is 10.6. The Bertz CT molecular complexity index is 126. The topological polar surface area (TPSA) is 75.7 Å². The van der Waals surface area contributed by atoms with Gasteiger partial charge in [-0.25, -0.2) is 0 Å². The van der Waals surface area contributed by atoms with E-state index in [-0.39, 0.29) is 29.6 Å². The molecule has 48 valence electrons. The normalized spacial score (nSPS) is 15.3. The van der Waals surface area contributed by atoms with E-state index in [9.17, 15) is 17.7 Å². The second-order valence-corrected chi connectivity index (χ2v) is 2.87. The van der Waals surface area contributed by atoms with Crippen LogP contribution in [0, 0.1) is 0 Å². The molecule has 0 spiro atoms. The number of halogens is 1. The van der Waals surface area contributed by atoms with E-state index >= 15 is 0 Å². The van der Waals surface area contributed by atoms with Crippen LogP contribution >= 0.6 is 7.82 Å². The molecule has 0 aliphatic rings. The molecule has 0 rings (SSSR count). The molecule has 0 amide bonds. The van der Waals surface area contributed by atoms with Gasteiger partial charge in [0.05, 0.1) is 0 Å². The Kier molecular flexibility index (Phi) is 8.92. The van der Waals surface area contributed by atoms with Gasteiger partial charge in [-0.1, -0.05) is 0 Å². The molecule has 0 aromatic carbocycles. The van der Waals surface area contributed by atoms with Crippen LogP contribution in [0.2, 0.25) is 0 Å². The fourth-order valence-electron chi connectivity index (χ4n) is 0.0534. The molecular formula is FNaO5PV. The molecular weight excluding hydrogens is 204 g/mol. The molecule has 0 bridgehead atoms.